The van der Waals surface area contributed by atoms with Crippen LogP contribution < -0.4 is 16.8 Å². The average molecular weight is 444 g/mol. The molecule has 8 nitrogen and oxygen atoms in total. The first-order chi connectivity index (χ1) is 15.3. The summed E-state index contributed by atoms with van der Waals surface area (Å²) in [6.07, 6.45) is 7.06. The van der Waals surface area contributed by atoms with Gasteiger partial charge in [-0.2, -0.15) is 5.10 Å². The van der Waals surface area contributed by atoms with E-state index in [2.05, 4.69) is 27.3 Å². The van der Waals surface area contributed by atoms with Crippen molar-refractivity contribution in [2.75, 3.05) is 17.6 Å². The molecule has 0 fully saturated rings. The van der Waals surface area contributed by atoms with Crippen LogP contribution in [-0.4, -0.2) is 32.7 Å². The summed E-state index contributed by atoms with van der Waals surface area (Å²) < 4.78 is 26.8. The number of benzene rings is 1. The number of amides is 1. The molecule has 4 rings (SSSR count). The van der Waals surface area contributed by atoms with E-state index >= 15 is 0 Å². The van der Waals surface area contributed by atoms with Gasteiger partial charge in [0.2, 0.25) is 6.41 Å². The Labute approximate surface area is 184 Å². The second kappa shape index (κ2) is 11.6. The van der Waals surface area contributed by atoms with Gasteiger partial charge in [-0.1, -0.05) is 6.92 Å². The summed E-state index contributed by atoms with van der Waals surface area (Å²) in [5, 5.41) is 7.65. The molecule has 10 heteroatoms. The normalized spacial score (nSPS) is 10.1. The third-order valence-corrected chi connectivity index (χ3v) is 4.35. The van der Waals surface area contributed by atoms with Crippen molar-refractivity contribution < 1.29 is 13.6 Å². The fourth-order valence-corrected chi connectivity index (χ4v) is 2.56. The number of aromatic amines is 1. The van der Waals surface area contributed by atoms with E-state index in [-0.39, 0.29) is 11.3 Å². The Bertz CT molecular complexity index is 1140. The first-order valence-electron chi connectivity index (χ1n) is 9.88. The highest BCUT2D eigenvalue weighted by atomic mass is 19.1. The zero-order valence-electron chi connectivity index (χ0n) is 18.2. The van der Waals surface area contributed by atoms with Crippen molar-refractivity contribution in [3.8, 4) is 11.3 Å². The van der Waals surface area contributed by atoms with Crippen molar-refractivity contribution in [3.05, 3.63) is 60.1 Å². The van der Waals surface area contributed by atoms with E-state index in [0.717, 1.165) is 41.3 Å². The van der Waals surface area contributed by atoms with Gasteiger partial charge in [0.1, 0.15) is 11.5 Å². The lowest BCUT2D eigenvalue weighted by molar-refractivity contribution is -0.105. The number of carbonyl (C=O) groups is 1. The summed E-state index contributed by atoms with van der Waals surface area (Å²) in [6.45, 7) is 4.22. The van der Waals surface area contributed by atoms with E-state index in [0.29, 0.717) is 12.1 Å². The zero-order chi connectivity index (χ0) is 23.7. The molecular formula is C22H27F2N7O. The van der Waals surface area contributed by atoms with Crippen LogP contribution in [0.25, 0.3) is 22.3 Å². The Morgan fingerprint density at radius 1 is 1.25 bits per heavy atom. The van der Waals surface area contributed by atoms with Crippen LogP contribution >= 0.6 is 0 Å². The minimum atomic E-state index is -0.667. The van der Waals surface area contributed by atoms with Gasteiger partial charge in [0.15, 0.2) is 5.82 Å². The van der Waals surface area contributed by atoms with E-state index < -0.39 is 11.6 Å². The van der Waals surface area contributed by atoms with Crippen LogP contribution in [0.2, 0.25) is 0 Å². The Hall–Kier alpha value is -3.79. The van der Waals surface area contributed by atoms with E-state index in [9.17, 15) is 13.6 Å². The van der Waals surface area contributed by atoms with Crippen LogP contribution in [0.5, 0.6) is 0 Å². The molecule has 3 heterocycles. The number of nitrogens with one attached hydrogen (secondary N) is 2. The molecule has 4 aromatic rings. The van der Waals surface area contributed by atoms with Gasteiger partial charge in [0.25, 0.3) is 0 Å². The van der Waals surface area contributed by atoms with Crippen LogP contribution in [-0.2, 0) is 11.8 Å². The molecule has 1 amide bonds. The first kappa shape index (κ1) is 24.5. The summed E-state index contributed by atoms with van der Waals surface area (Å²) >= 11 is 0. The quantitative estimate of drug-likeness (QED) is 0.282. The number of aromatic nitrogens is 4. The maximum atomic E-state index is 12.6. The standard InChI is InChI=1S/C12H11N5O.C7H7F2N.C3H9N/c1-17-6-9(4-15-17)11-3-8-2-10(14-7-18)5-13-12(8)16-11;1-4-5(8)2-3-6(10)7(4)9;1-2-3-4/h2-7H,1H3,(H,13,16)(H,14,18);2-3H,10H2,1H3;2-4H2,1H3. The monoisotopic (exact) mass is 443 g/mol. The molecular weight excluding hydrogens is 416 g/mol. The molecule has 0 bridgehead atoms. The SMILES string of the molecule is CCCN.Cc1c(F)ccc(N)c1F.Cn1cc(-c2cc3cc(NC=O)cnc3[nH]2)cn1. The highest BCUT2D eigenvalue weighted by molar-refractivity contribution is 5.86. The summed E-state index contributed by atoms with van der Waals surface area (Å²) in [6, 6.07) is 6.20. The molecule has 6 N–H and O–H groups in total. The van der Waals surface area contributed by atoms with Crippen molar-refractivity contribution in [1.29, 1.82) is 0 Å². The van der Waals surface area contributed by atoms with Crippen molar-refractivity contribution >= 4 is 28.8 Å². The maximum absolute atomic E-state index is 12.6. The smallest absolute Gasteiger partial charge is 0.211 e. The van der Waals surface area contributed by atoms with Crippen LogP contribution in [0.1, 0.15) is 18.9 Å². The van der Waals surface area contributed by atoms with Gasteiger partial charge in [-0.15, -0.1) is 0 Å². The lowest BCUT2D eigenvalue weighted by atomic mass is 10.2. The number of fused-ring (bicyclic) bond motifs is 1. The molecule has 3 aromatic heterocycles. The maximum Gasteiger partial charge on any atom is 0.211 e. The molecule has 170 valence electrons. The largest absolute Gasteiger partial charge is 0.396 e. The molecule has 0 aliphatic heterocycles. The second-order valence-electron chi connectivity index (χ2n) is 6.87. The van der Waals surface area contributed by atoms with Gasteiger partial charge >= 0.3 is 0 Å². The average Bonchev–Trinajstić information content (AvgIpc) is 3.41. The molecule has 1 aromatic carbocycles. The number of H-pyrrole nitrogens is 1. The third-order valence-electron chi connectivity index (χ3n) is 4.35. The number of pyridine rings is 1. The van der Waals surface area contributed by atoms with Gasteiger partial charge in [-0.3, -0.25) is 9.48 Å². The van der Waals surface area contributed by atoms with Crippen LogP contribution in [0.3, 0.4) is 0 Å². The van der Waals surface area contributed by atoms with E-state index in [4.69, 9.17) is 11.5 Å². The van der Waals surface area contributed by atoms with E-state index in [1.165, 1.54) is 13.0 Å². The molecule has 0 radical (unpaired) electrons. The van der Waals surface area contributed by atoms with Crippen LogP contribution in [0.4, 0.5) is 20.2 Å². The number of anilines is 2. The number of rotatable bonds is 4. The Morgan fingerprint density at radius 2 is 1.97 bits per heavy atom. The summed E-state index contributed by atoms with van der Waals surface area (Å²) in [5.41, 5.74) is 13.5. The number of nitrogens with two attached hydrogens (primary N) is 2. The lowest BCUT2D eigenvalue weighted by Crippen LogP contribution is -1.95. The Balaban J connectivity index is 0.000000219. The predicted molar refractivity (Wildman–Crippen MR) is 123 cm³/mol. The number of hydrogen-bond acceptors (Lipinski definition) is 5. The van der Waals surface area contributed by atoms with Gasteiger partial charge < -0.3 is 21.8 Å². The fraction of sp³-hybridized carbons (Fsp3) is 0.227. The van der Waals surface area contributed by atoms with Crippen LogP contribution in [0.15, 0.2) is 42.9 Å². The van der Waals surface area contributed by atoms with Crippen molar-refractivity contribution in [1.82, 2.24) is 19.7 Å². The van der Waals surface area contributed by atoms with Crippen molar-refractivity contribution in [2.24, 2.45) is 12.8 Å². The van der Waals surface area contributed by atoms with Gasteiger partial charge in [-0.25, -0.2) is 13.8 Å². The number of nitrogens with zero attached hydrogens (tertiary/aromatic N) is 3. The summed E-state index contributed by atoms with van der Waals surface area (Å²) in [7, 11) is 1.87. The molecule has 0 aliphatic rings. The van der Waals surface area contributed by atoms with Crippen molar-refractivity contribution in [2.45, 2.75) is 20.3 Å². The van der Waals surface area contributed by atoms with E-state index in [1.807, 2.05) is 25.4 Å². The number of carbonyl (C=O) groups excluding carboxylic acids is 1. The van der Waals surface area contributed by atoms with Crippen molar-refractivity contribution in [3.63, 3.8) is 0 Å². The molecule has 0 spiro atoms. The number of halogens is 2. The molecule has 0 saturated carbocycles. The highest BCUT2D eigenvalue weighted by Crippen LogP contribution is 2.24. The van der Waals surface area contributed by atoms with Gasteiger partial charge in [0.05, 0.1) is 29.5 Å². The minimum Gasteiger partial charge on any atom is -0.396 e. The number of hydrogen-bond donors (Lipinski definition) is 4. The second-order valence-corrected chi connectivity index (χ2v) is 6.87. The molecule has 0 saturated heterocycles. The number of aryl methyl sites for hydroxylation is 1. The first-order valence-corrected chi connectivity index (χ1v) is 9.88. The topological polar surface area (TPSA) is 128 Å². The third kappa shape index (κ3) is 6.35. The highest BCUT2D eigenvalue weighted by Gasteiger charge is 2.07. The van der Waals surface area contributed by atoms with Crippen LogP contribution in [0, 0.1) is 18.6 Å². The van der Waals surface area contributed by atoms with Gasteiger partial charge in [-0.05, 0) is 44.2 Å². The predicted octanol–water partition coefficient (Wildman–Crippen LogP) is 3.74. The zero-order valence-corrected chi connectivity index (χ0v) is 18.2. The Kier molecular flexibility index (Phi) is 8.84. The number of nitrogen functional groups attached to an aromatic ring is 1. The van der Waals surface area contributed by atoms with E-state index in [1.54, 1.807) is 17.1 Å². The molecule has 0 atom stereocenters. The molecule has 0 aliphatic carbocycles. The minimum absolute atomic E-state index is 0.0149. The summed E-state index contributed by atoms with van der Waals surface area (Å²) in [4.78, 5) is 17.8. The van der Waals surface area contributed by atoms with Gasteiger partial charge in [0, 0.05) is 29.8 Å². The lowest BCUT2D eigenvalue weighted by Gasteiger charge is -1.99. The molecule has 32 heavy (non-hydrogen) atoms. The summed E-state index contributed by atoms with van der Waals surface area (Å²) in [5.74, 6) is -1.23. The molecule has 0 unspecified atom stereocenters. The fourth-order valence-electron chi connectivity index (χ4n) is 2.56. The Morgan fingerprint density at radius 3 is 2.53 bits per heavy atom.